The van der Waals surface area contributed by atoms with E-state index in [0.29, 0.717) is 5.92 Å². The van der Waals surface area contributed by atoms with E-state index in [1.807, 2.05) is 0 Å². The minimum atomic E-state index is -0.164. The van der Waals surface area contributed by atoms with Crippen LogP contribution < -0.4 is 5.73 Å². The van der Waals surface area contributed by atoms with Crippen molar-refractivity contribution in [3.63, 3.8) is 0 Å². The van der Waals surface area contributed by atoms with Gasteiger partial charge < -0.3 is 5.73 Å². The quantitative estimate of drug-likeness (QED) is 0.709. The van der Waals surface area contributed by atoms with Crippen LogP contribution in [0.15, 0.2) is 18.6 Å². The van der Waals surface area contributed by atoms with Crippen molar-refractivity contribution in [3.05, 3.63) is 24.3 Å². The fraction of sp³-hybridized carbons (Fsp3) is 0.556. The molecule has 0 bridgehead atoms. The predicted molar refractivity (Wildman–Crippen MR) is 46.3 cm³/mol. The van der Waals surface area contributed by atoms with E-state index in [1.165, 1.54) is 0 Å². The lowest BCUT2D eigenvalue weighted by Gasteiger charge is -2.08. The van der Waals surface area contributed by atoms with Crippen LogP contribution in [0.2, 0.25) is 0 Å². The van der Waals surface area contributed by atoms with Gasteiger partial charge in [-0.05, 0) is 12.3 Å². The molecule has 1 saturated carbocycles. The minimum Gasteiger partial charge on any atom is -0.320 e. The molecule has 1 aliphatic carbocycles. The van der Waals surface area contributed by atoms with Crippen molar-refractivity contribution in [1.82, 2.24) is 9.97 Å². The summed E-state index contributed by atoms with van der Waals surface area (Å²) < 4.78 is 0. The van der Waals surface area contributed by atoms with Crippen LogP contribution in [0.25, 0.3) is 0 Å². The first-order chi connectivity index (χ1) is 5.77. The highest BCUT2D eigenvalue weighted by Gasteiger charge is 2.52. The van der Waals surface area contributed by atoms with Crippen LogP contribution in [0.3, 0.4) is 0 Å². The summed E-state index contributed by atoms with van der Waals surface area (Å²) in [5.41, 5.74) is 6.90. The van der Waals surface area contributed by atoms with Gasteiger partial charge in [0.2, 0.25) is 0 Å². The maximum absolute atomic E-state index is 6.12. The topological polar surface area (TPSA) is 51.8 Å². The lowest BCUT2D eigenvalue weighted by molar-refractivity contribution is 0.595. The van der Waals surface area contributed by atoms with Gasteiger partial charge in [-0.1, -0.05) is 13.3 Å². The van der Waals surface area contributed by atoms with Gasteiger partial charge >= 0.3 is 0 Å². The number of aromatic nitrogens is 2. The molecule has 1 heterocycles. The fourth-order valence-electron chi connectivity index (χ4n) is 1.71. The van der Waals surface area contributed by atoms with Gasteiger partial charge in [0.25, 0.3) is 0 Å². The fourth-order valence-corrected chi connectivity index (χ4v) is 1.71. The van der Waals surface area contributed by atoms with Crippen LogP contribution in [0, 0.1) is 5.92 Å². The molecule has 0 aromatic carbocycles. The molecule has 2 N–H and O–H groups in total. The SMILES string of the molecule is CCC1CC1(N)c1cnccn1. The molecule has 2 unspecified atom stereocenters. The second-order valence-corrected chi connectivity index (χ2v) is 3.44. The van der Waals surface area contributed by atoms with Crippen molar-refractivity contribution < 1.29 is 0 Å². The van der Waals surface area contributed by atoms with Gasteiger partial charge in [0.1, 0.15) is 0 Å². The lowest BCUT2D eigenvalue weighted by Crippen LogP contribution is -2.23. The minimum absolute atomic E-state index is 0.164. The molecular weight excluding hydrogens is 150 g/mol. The van der Waals surface area contributed by atoms with Gasteiger partial charge in [-0.2, -0.15) is 0 Å². The monoisotopic (exact) mass is 163 g/mol. The molecule has 3 nitrogen and oxygen atoms in total. The van der Waals surface area contributed by atoms with Gasteiger partial charge in [-0.3, -0.25) is 9.97 Å². The molecule has 0 aliphatic heterocycles. The van der Waals surface area contributed by atoms with E-state index in [0.717, 1.165) is 18.5 Å². The summed E-state index contributed by atoms with van der Waals surface area (Å²) in [6, 6.07) is 0. The molecule has 2 atom stereocenters. The second kappa shape index (κ2) is 2.52. The second-order valence-electron chi connectivity index (χ2n) is 3.44. The first-order valence-corrected chi connectivity index (χ1v) is 4.32. The molecule has 0 radical (unpaired) electrons. The molecule has 0 saturated heterocycles. The van der Waals surface area contributed by atoms with Crippen LogP contribution in [0.4, 0.5) is 0 Å². The number of nitrogens with zero attached hydrogens (tertiary/aromatic N) is 2. The Morgan fingerprint density at radius 3 is 3.00 bits per heavy atom. The van der Waals surface area contributed by atoms with E-state index in [-0.39, 0.29) is 5.54 Å². The Hall–Kier alpha value is -0.960. The first-order valence-electron chi connectivity index (χ1n) is 4.32. The highest BCUT2D eigenvalue weighted by Crippen LogP contribution is 2.50. The Bertz CT molecular complexity index is 272. The molecule has 64 valence electrons. The van der Waals surface area contributed by atoms with Crippen molar-refractivity contribution in [1.29, 1.82) is 0 Å². The van der Waals surface area contributed by atoms with Crippen molar-refractivity contribution in [2.45, 2.75) is 25.3 Å². The molecule has 3 heteroatoms. The van der Waals surface area contributed by atoms with Gasteiger partial charge in [-0.25, -0.2) is 0 Å². The Morgan fingerprint density at radius 1 is 1.67 bits per heavy atom. The number of nitrogens with two attached hydrogens (primary N) is 1. The van der Waals surface area contributed by atoms with Crippen molar-refractivity contribution in [2.75, 3.05) is 0 Å². The molecule has 2 rings (SSSR count). The van der Waals surface area contributed by atoms with Crippen molar-refractivity contribution in [2.24, 2.45) is 11.7 Å². The zero-order chi connectivity index (χ0) is 8.60. The zero-order valence-corrected chi connectivity index (χ0v) is 7.20. The molecule has 1 aromatic heterocycles. The van der Waals surface area contributed by atoms with Crippen LogP contribution >= 0.6 is 0 Å². The Balaban J connectivity index is 2.23. The summed E-state index contributed by atoms with van der Waals surface area (Å²) >= 11 is 0. The maximum Gasteiger partial charge on any atom is 0.0788 e. The van der Waals surface area contributed by atoms with Crippen LogP contribution in [-0.2, 0) is 5.54 Å². The average molecular weight is 163 g/mol. The van der Waals surface area contributed by atoms with Gasteiger partial charge in [0, 0.05) is 12.4 Å². The Labute approximate surface area is 72.0 Å². The number of hydrogen-bond acceptors (Lipinski definition) is 3. The standard InChI is InChI=1S/C9H13N3/c1-2-7-5-9(7,10)8-6-11-3-4-12-8/h3-4,6-7H,2,5,10H2,1H3. The third-order valence-electron chi connectivity index (χ3n) is 2.69. The highest BCUT2D eigenvalue weighted by atomic mass is 14.9. The maximum atomic E-state index is 6.12. The largest absolute Gasteiger partial charge is 0.320 e. The summed E-state index contributed by atoms with van der Waals surface area (Å²) in [5.74, 6) is 0.606. The molecule has 0 amide bonds. The van der Waals surface area contributed by atoms with Gasteiger partial charge in [0.15, 0.2) is 0 Å². The van der Waals surface area contributed by atoms with E-state index >= 15 is 0 Å². The Morgan fingerprint density at radius 2 is 2.50 bits per heavy atom. The molecule has 0 spiro atoms. The van der Waals surface area contributed by atoms with Gasteiger partial charge in [0.05, 0.1) is 17.4 Å². The summed E-state index contributed by atoms with van der Waals surface area (Å²) in [7, 11) is 0. The Kier molecular flexibility index (Phi) is 1.61. The highest BCUT2D eigenvalue weighted by molar-refractivity contribution is 5.22. The molecule has 1 fully saturated rings. The van der Waals surface area contributed by atoms with Crippen LogP contribution in [-0.4, -0.2) is 9.97 Å². The summed E-state index contributed by atoms with van der Waals surface area (Å²) in [5, 5.41) is 0. The van der Waals surface area contributed by atoms with E-state index in [1.54, 1.807) is 18.6 Å². The van der Waals surface area contributed by atoms with E-state index in [2.05, 4.69) is 16.9 Å². The number of rotatable bonds is 2. The first kappa shape index (κ1) is 7.68. The molecule has 12 heavy (non-hydrogen) atoms. The van der Waals surface area contributed by atoms with Crippen LogP contribution in [0.1, 0.15) is 25.5 Å². The third kappa shape index (κ3) is 1.01. The van der Waals surface area contributed by atoms with E-state index < -0.39 is 0 Å². The van der Waals surface area contributed by atoms with E-state index in [9.17, 15) is 0 Å². The predicted octanol–water partition coefficient (Wildman–Crippen LogP) is 1.06. The smallest absolute Gasteiger partial charge is 0.0788 e. The molecule has 1 aliphatic rings. The lowest BCUT2D eigenvalue weighted by atomic mass is 10.1. The summed E-state index contributed by atoms with van der Waals surface area (Å²) in [4.78, 5) is 8.24. The zero-order valence-electron chi connectivity index (χ0n) is 7.20. The van der Waals surface area contributed by atoms with Crippen molar-refractivity contribution >= 4 is 0 Å². The molecular formula is C9H13N3. The van der Waals surface area contributed by atoms with Gasteiger partial charge in [-0.15, -0.1) is 0 Å². The summed E-state index contributed by atoms with van der Waals surface area (Å²) in [6.07, 6.45) is 7.34. The third-order valence-corrected chi connectivity index (χ3v) is 2.69. The van der Waals surface area contributed by atoms with Crippen molar-refractivity contribution in [3.8, 4) is 0 Å². The van der Waals surface area contributed by atoms with E-state index in [4.69, 9.17) is 5.73 Å². The average Bonchev–Trinajstić information content (AvgIpc) is 2.81. The molecule has 1 aromatic rings. The number of hydrogen-bond donors (Lipinski definition) is 1. The van der Waals surface area contributed by atoms with Crippen LogP contribution in [0.5, 0.6) is 0 Å². The summed E-state index contributed by atoms with van der Waals surface area (Å²) in [6.45, 7) is 2.16. The normalized spacial score (nSPS) is 33.3.